The highest BCUT2D eigenvalue weighted by Crippen LogP contribution is 2.32. The molecule has 1 aliphatic heterocycles. The summed E-state index contributed by atoms with van der Waals surface area (Å²) >= 11 is 0. The number of benzene rings is 2. The average molecular weight is 225 g/mol. The number of hydrogen-bond acceptors (Lipinski definition) is 3. The lowest BCUT2D eigenvalue weighted by Crippen LogP contribution is -2.43. The second-order valence-corrected chi connectivity index (χ2v) is 4.25. The fourth-order valence-electron chi connectivity index (χ4n) is 2.21. The maximum Gasteiger partial charge on any atom is 0.0993 e. The van der Waals surface area contributed by atoms with E-state index in [2.05, 4.69) is 28.8 Å². The Morgan fingerprint density at radius 3 is 2.06 bits per heavy atom. The van der Waals surface area contributed by atoms with Gasteiger partial charge in [-0.3, -0.25) is 0 Å². The highest BCUT2D eigenvalue weighted by Gasteiger charge is 2.25. The van der Waals surface area contributed by atoms with Crippen molar-refractivity contribution in [3.05, 3.63) is 60.2 Å². The van der Waals surface area contributed by atoms with Gasteiger partial charge in [0.15, 0.2) is 0 Å². The number of anilines is 2. The zero-order chi connectivity index (χ0) is 11.7. The maximum atomic E-state index is 6.15. The van der Waals surface area contributed by atoms with Crippen molar-refractivity contribution in [2.45, 2.75) is 12.2 Å². The molecular weight excluding hydrogens is 210 g/mol. The smallest absolute Gasteiger partial charge is 0.0993 e. The summed E-state index contributed by atoms with van der Waals surface area (Å²) in [5.41, 5.74) is 9.51. The van der Waals surface area contributed by atoms with Crippen LogP contribution in [-0.2, 0) is 0 Å². The lowest BCUT2D eigenvalue weighted by atomic mass is 10.0. The molecule has 2 atom stereocenters. The summed E-state index contributed by atoms with van der Waals surface area (Å²) in [6.45, 7) is 0. The van der Waals surface area contributed by atoms with Crippen LogP contribution in [0.5, 0.6) is 0 Å². The Kier molecular flexibility index (Phi) is 2.46. The second kappa shape index (κ2) is 4.11. The first kappa shape index (κ1) is 10.2. The molecule has 0 radical (unpaired) electrons. The van der Waals surface area contributed by atoms with Crippen LogP contribution in [0, 0.1) is 0 Å². The maximum absolute atomic E-state index is 6.15. The zero-order valence-corrected chi connectivity index (χ0v) is 9.43. The summed E-state index contributed by atoms with van der Waals surface area (Å²) in [5.74, 6) is 0. The highest BCUT2D eigenvalue weighted by molar-refractivity contribution is 5.72. The van der Waals surface area contributed by atoms with Gasteiger partial charge in [0, 0.05) is 0 Å². The van der Waals surface area contributed by atoms with Crippen molar-refractivity contribution in [3.63, 3.8) is 0 Å². The lowest BCUT2D eigenvalue weighted by Gasteiger charge is -2.34. The number of rotatable bonds is 1. The van der Waals surface area contributed by atoms with Gasteiger partial charge in [0.2, 0.25) is 0 Å². The molecule has 0 amide bonds. The standard InChI is InChI=1S/C14H15N3/c15-14-13(10-6-2-1-3-7-10)16-11-8-4-5-9-12(11)17-14/h1-9,13-14,16-17H,15H2. The fraction of sp³-hybridized carbons (Fsp3) is 0.143. The van der Waals surface area contributed by atoms with Crippen LogP contribution in [0.1, 0.15) is 11.6 Å². The molecule has 3 rings (SSSR count). The SMILES string of the molecule is NC1Nc2ccccc2NC1c1ccccc1. The summed E-state index contributed by atoms with van der Waals surface area (Å²) in [7, 11) is 0. The lowest BCUT2D eigenvalue weighted by molar-refractivity contribution is 0.625. The molecule has 2 aromatic carbocycles. The minimum absolute atomic E-state index is 0.103. The predicted molar refractivity (Wildman–Crippen MR) is 70.8 cm³/mol. The van der Waals surface area contributed by atoms with Crippen LogP contribution in [0.15, 0.2) is 54.6 Å². The van der Waals surface area contributed by atoms with Gasteiger partial charge in [-0.1, -0.05) is 42.5 Å². The van der Waals surface area contributed by atoms with E-state index in [1.54, 1.807) is 0 Å². The van der Waals surface area contributed by atoms with Crippen LogP contribution < -0.4 is 16.4 Å². The van der Waals surface area contributed by atoms with Gasteiger partial charge in [0.05, 0.1) is 23.6 Å². The molecule has 4 N–H and O–H groups in total. The van der Waals surface area contributed by atoms with E-state index in [-0.39, 0.29) is 12.2 Å². The molecule has 0 aromatic heterocycles. The van der Waals surface area contributed by atoms with E-state index in [1.165, 1.54) is 5.56 Å². The molecular formula is C14H15N3. The summed E-state index contributed by atoms with van der Waals surface area (Å²) in [6, 6.07) is 18.5. The van der Waals surface area contributed by atoms with E-state index in [4.69, 9.17) is 5.73 Å². The minimum Gasteiger partial charge on any atom is -0.373 e. The monoisotopic (exact) mass is 225 g/mol. The van der Waals surface area contributed by atoms with Gasteiger partial charge >= 0.3 is 0 Å². The summed E-state index contributed by atoms with van der Waals surface area (Å²) in [5, 5.41) is 6.80. The van der Waals surface area contributed by atoms with E-state index in [0.29, 0.717) is 0 Å². The van der Waals surface area contributed by atoms with Gasteiger partial charge in [0.25, 0.3) is 0 Å². The van der Waals surface area contributed by atoms with Crippen molar-refractivity contribution in [2.24, 2.45) is 5.73 Å². The summed E-state index contributed by atoms with van der Waals surface area (Å²) in [4.78, 5) is 0. The van der Waals surface area contributed by atoms with E-state index in [0.717, 1.165) is 11.4 Å². The largest absolute Gasteiger partial charge is 0.373 e. The van der Waals surface area contributed by atoms with E-state index < -0.39 is 0 Å². The van der Waals surface area contributed by atoms with Gasteiger partial charge in [-0.25, -0.2) is 0 Å². The van der Waals surface area contributed by atoms with Crippen LogP contribution in [0.3, 0.4) is 0 Å². The zero-order valence-electron chi connectivity index (χ0n) is 9.43. The molecule has 0 bridgehead atoms. The summed E-state index contributed by atoms with van der Waals surface area (Å²) in [6.07, 6.45) is -0.118. The van der Waals surface area contributed by atoms with Gasteiger partial charge in [-0.15, -0.1) is 0 Å². The van der Waals surface area contributed by atoms with E-state index in [1.807, 2.05) is 36.4 Å². The van der Waals surface area contributed by atoms with Gasteiger partial charge in [-0.2, -0.15) is 0 Å². The quantitative estimate of drug-likeness (QED) is 0.699. The predicted octanol–water partition coefficient (Wildman–Crippen LogP) is 2.55. The third kappa shape index (κ3) is 1.85. The van der Waals surface area contributed by atoms with Crippen molar-refractivity contribution in [1.29, 1.82) is 0 Å². The minimum atomic E-state index is -0.118. The molecule has 1 aliphatic rings. The first-order chi connectivity index (χ1) is 8.34. The summed E-state index contributed by atoms with van der Waals surface area (Å²) < 4.78 is 0. The van der Waals surface area contributed by atoms with Crippen molar-refractivity contribution in [1.82, 2.24) is 0 Å². The molecule has 1 heterocycles. The number of nitrogens with two attached hydrogens (primary N) is 1. The molecule has 2 unspecified atom stereocenters. The van der Waals surface area contributed by atoms with Gasteiger partial charge < -0.3 is 16.4 Å². The van der Waals surface area contributed by atoms with Crippen molar-refractivity contribution in [3.8, 4) is 0 Å². The third-order valence-electron chi connectivity index (χ3n) is 3.08. The molecule has 0 spiro atoms. The van der Waals surface area contributed by atoms with Crippen molar-refractivity contribution >= 4 is 11.4 Å². The highest BCUT2D eigenvalue weighted by atomic mass is 15.2. The first-order valence-electron chi connectivity index (χ1n) is 5.77. The number of nitrogens with one attached hydrogen (secondary N) is 2. The van der Waals surface area contributed by atoms with Crippen LogP contribution in [0.4, 0.5) is 11.4 Å². The normalized spacial score (nSPS) is 22.2. The van der Waals surface area contributed by atoms with Gasteiger partial charge in [-0.05, 0) is 17.7 Å². The Hall–Kier alpha value is -2.00. The molecule has 0 saturated heterocycles. The number of para-hydroxylation sites is 2. The fourth-order valence-corrected chi connectivity index (χ4v) is 2.21. The average Bonchev–Trinajstić information content (AvgIpc) is 2.39. The van der Waals surface area contributed by atoms with Crippen molar-refractivity contribution < 1.29 is 0 Å². The van der Waals surface area contributed by atoms with Crippen LogP contribution in [0.25, 0.3) is 0 Å². The number of fused-ring (bicyclic) bond motifs is 1. The van der Waals surface area contributed by atoms with Gasteiger partial charge in [0.1, 0.15) is 0 Å². The van der Waals surface area contributed by atoms with E-state index >= 15 is 0 Å². The molecule has 86 valence electrons. The molecule has 17 heavy (non-hydrogen) atoms. The van der Waals surface area contributed by atoms with Crippen LogP contribution in [0.2, 0.25) is 0 Å². The van der Waals surface area contributed by atoms with E-state index in [9.17, 15) is 0 Å². The Labute approximate surface area is 101 Å². The molecule has 0 aliphatic carbocycles. The molecule has 0 fully saturated rings. The number of hydrogen-bond donors (Lipinski definition) is 3. The third-order valence-corrected chi connectivity index (χ3v) is 3.08. The topological polar surface area (TPSA) is 50.1 Å². The second-order valence-electron chi connectivity index (χ2n) is 4.25. The Bertz CT molecular complexity index is 510. The molecule has 3 heteroatoms. The molecule has 2 aromatic rings. The van der Waals surface area contributed by atoms with Crippen LogP contribution >= 0.6 is 0 Å². The molecule has 3 nitrogen and oxygen atoms in total. The molecule has 0 saturated carbocycles. The Morgan fingerprint density at radius 1 is 0.765 bits per heavy atom. The Morgan fingerprint density at radius 2 is 1.35 bits per heavy atom. The Balaban J connectivity index is 1.95. The van der Waals surface area contributed by atoms with Crippen LogP contribution in [-0.4, -0.2) is 6.17 Å². The van der Waals surface area contributed by atoms with Crippen molar-refractivity contribution in [2.75, 3.05) is 10.6 Å². The first-order valence-corrected chi connectivity index (χ1v) is 5.77.